The SMILES string of the molecule is CN[C@@H](CN1CC(O)C1)C(C)C. The van der Waals surface area contributed by atoms with Crippen molar-refractivity contribution in [1.82, 2.24) is 10.2 Å². The highest BCUT2D eigenvalue weighted by molar-refractivity contribution is 4.83. The molecule has 0 amide bonds. The second-order valence-corrected chi connectivity index (χ2v) is 4.01. The molecule has 3 heteroatoms. The summed E-state index contributed by atoms with van der Waals surface area (Å²) in [7, 11) is 2.00. The summed E-state index contributed by atoms with van der Waals surface area (Å²) < 4.78 is 0. The number of nitrogens with one attached hydrogen (secondary N) is 1. The average Bonchev–Trinajstić information content (AvgIpc) is 1.95. The van der Waals surface area contributed by atoms with Crippen molar-refractivity contribution < 1.29 is 5.11 Å². The monoisotopic (exact) mass is 172 g/mol. The first-order chi connectivity index (χ1) is 5.63. The molecule has 1 heterocycles. The number of aliphatic hydroxyl groups excluding tert-OH is 1. The molecule has 2 N–H and O–H groups in total. The standard InChI is InChI=1S/C9H20N2O/c1-7(2)9(10-3)6-11-4-8(12)5-11/h7-10,12H,4-6H2,1-3H3/t9-/m0/s1. The molecule has 1 atom stereocenters. The number of aliphatic hydroxyl groups is 1. The minimum Gasteiger partial charge on any atom is -0.390 e. The first-order valence-electron chi connectivity index (χ1n) is 4.71. The third-order valence-corrected chi connectivity index (χ3v) is 2.57. The van der Waals surface area contributed by atoms with Gasteiger partial charge in [-0.05, 0) is 13.0 Å². The van der Waals surface area contributed by atoms with E-state index in [0.29, 0.717) is 12.0 Å². The van der Waals surface area contributed by atoms with E-state index in [-0.39, 0.29) is 6.10 Å². The van der Waals surface area contributed by atoms with Gasteiger partial charge < -0.3 is 10.4 Å². The molecule has 0 aromatic carbocycles. The fourth-order valence-electron chi connectivity index (χ4n) is 1.61. The van der Waals surface area contributed by atoms with Crippen LogP contribution in [0.3, 0.4) is 0 Å². The summed E-state index contributed by atoms with van der Waals surface area (Å²) >= 11 is 0. The Morgan fingerprint density at radius 3 is 2.42 bits per heavy atom. The lowest BCUT2D eigenvalue weighted by atomic mass is 10.0. The van der Waals surface area contributed by atoms with E-state index in [1.54, 1.807) is 0 Å². The van der Waals surface area contributed by atoms with Gasteiger partial charge in [0.05, 0.1) is 6.10 Å². The van der Waals surface area contributed by atoms with E-state index >= 15 is 0 Å². The fourth-order valence-corrected chi connectivity index (χ4v) is 1.61. The van der Waals surface area contributed by atoms with Crippen molar-refractivity contribution in [2.24, 2.45) is 5.92 Å². The molecule has 1 saturated heterocycles. The predicted molar refractivity (Wildman–Crippen MR) is 50.1 cm³/mol. The number of nitrogens with zero attached hydrogens (tertiary/aromatic N) is 1. The van der Waals surface area contributed by atoms with E-state index in [0.717, 1.165) is 19.6 Å². The van der Waals surface area contributed by atoms with Crippen molar-refractivity contribution >= 4 is 0 Å². The molecule has 0 aliphatic carbocycles. The summed E-state index contributed by atoms with van der Waals surface area (Å²) in [5, 5.41) is 12.4. The van der Waals surface area contributed by atoms with Crippen LogP contribution in [0.1, 0.15) is 13.8 Å². The Hall–Kier alpha value is -0.120. The zero-order valence-electron chi connectivity index (χ0n) is 8.25. The Kier molecular flexibility index (Phi) is 3.50. The molecule has 0 saturated carbocycles. The summed E-state index contributed by atoms with van der Waals surface area (Å²) in [4.78, 5) is 2.28. The Balaban J connectivity index is 2.19. The van der Waals surface area contributed by atoms with E-state index in [2.05, 4.69) is 24.1 Å². The maximum absolute atomic E-state index is 9.08. The Morgan fingerprint density at radius 2 is 2.08 bits per heavy atom. The highest BCUT2D eigenvalue weighted by Crippen LogP contribution is 2.10. The molecule has 0 spiro atoms. The van der Waals surface area contributed by atoms with Gasteiger partial charge in [0.25, 0.3) is 0 Å². The summed E-state index contributed by atoms with van der Waals surface area (Å²) in [5.41, 5.74) is 0. The summed E-state index contributed by atoms with van der Waals surface area (Å²) in [5.74, 6) is 0.660. The molecule has 0 radical (unpaired) electrons. The summed E-state index contributed by atoms with van der Waals surface area (Å²) in [6.45, 7) is 7.20. The van der Waals surface area contributed by atoms with Gasteiger partial charge in [0.1, 0.15) is 0 Å². The third-order valence-electron chi connectivity index (χ3n) is 2.57. The molecular formula is C9H20N2O. The van der Waals surface area contributed by atoms with E-state index < -0.39 is 0 Å². The number of hydrogen-bond donors (Lipinski definition) is 2. The molecule has 1 aliphatic heterocycles. The van der Waals surface area contributed by atoms with E-state index in [1.807, 2.05) is 7.05 Å². The van der Waals surface area contributed by atoms with Crippen molar-refractivity contribution in [2.45, 2.75) is 26.0 Å². The van der Waals surface area contributed by atoms with Crippen molar-refractivity contribution in [2.75, 3.05) is 26.7 Å². The number of rotatable bonds is 4. The van der Waals surface area contributed by atoms with Crippen LogP contribution in [0.4, 0.5) is 0 Å². The zero-order chi connectivity index (χ0) is 9.14. The molecule has 1 rings (SSSR count). The van der Waals surface area contributed by atoms with Gasteiger partial charge in [0.2, 0.25) is 0 Å². The van der Waals surface area contributed by atoms with Crippen molar-refractivity contribution in [3.05, 3.63) is 0 Å². The van der Waals surface area contributed by atoms with E-state index in [4.69, 9.17) is 5.11 Å². The third kappa shape index (κ3) is 2.44. The van der Waals surface area contributed by atoms with Gasteiger partial charge in [-0.25, -0.2) is 0 Å². The molecule has 0 aromatic heterocycles. The van der Waals surface area contributed by atoms with E-state index in [9.17, 15) is 0 Å². The first-order valence-corrected chi connectivity index (χ1v) is 4.71. The van der Waals surface area contributed by atoms with Crippen LogP contribution in [-0.4, -0.2) is 48.8 Å². The maximum atomic E-state index is 9.08. The van der Waals surface area contributed by atoms with Gasteiger partial charge in [-0.1, -0.05) is 13.8 Å². The molecule has 3 nitrogen and oxygen atoms in total. The zero-order valence-corrected chi connectivity index (χ0v) is 8.25. The van der Waals surface area contributed by atoms with Crippen LogP contribution in [0.2, 0.25) is 0 Å². The number of β-amino-alcohol motifs (C(OH)–C–C–N with tert-alkyl or cyclic N) is 1. The van der Waals surface area contributed by atoms with Crippen LogP contribution < -0.4 is 5.32 Å². The lowest BCUT2D eigenvalue weighted by molar-refractivity contribution is -0.00519. The van der Waals surface area contributed by atoms with Gasteiger partial charge in [0.15, 0.2) is 0 Å². The topological polar surface area (TPSA) is 35.5 Å². The van der Waals surface area contributed by atoms with Gasteiger partial charge in [-0.2, -0.15) is 0 Å². The molecule has 0 bridgehead atoms. The van der Waals surface area contributed by atoms with E-state index in [1.165, 1.54) is 0 Å². The molecule has 72 valence electrons. The number of likely N-dealkylation sites (tertiary alicyclic amines) is 1. The normalized spacial score (nSPS) is 22.8. The van der Waals surface area contributed by atoms with Crippen molar-refractivity contribution in [3.63, 3.8) is 0 Å². The molecule has 12 heavy (non-hydrogen) atoms. The van der Waals surface area contributed by atoms with Gasteiger partial charge in [0, 0.05) is 25.7 Å². The summed E-state index contributed by atoms with van der Waals surface area (Å²) in [6, 6.07) is 0.553. The number of hydrogen-bond acceptors (Lipinski definition) is 3. The van der Waals surface area contributed by atoms with Crippen LogP contribution in [0, 0.1) is 5.92 Å². The van der Waals surface area contributed by atoms with Crippen LogP contribution >= 0.6 is 0 Å². The van der Waals surface area contributed by atoms with Crippen LogP contribution in [-0.2, 0) is 0 Å². The highest BCUT2D eigenvalue weighted by atomic mass is 16.3. The second-order valence-electron chi connectivity index (χ2n) is 4.01. The van der Waals surface area contributed by atoms with Gasteiger partial charge >= 0.3 is 0 Å². The van der Waals surface area contributed by atoms with Crippen LogP contribution in [0.5, 0.6) is 0 Å². The minimum absolute atomic E-state index is 0.0744. The molecule has 1 aliphatic rings. The van der Waals surface area contributed by atoms with Gasteiger partial charge in [-0.3, -0.25) is 4.90 Å². The molecule has 0 unspecified atom stereocenters. The smallest absolute Gasteiger partial charge is 0.0793 e. The predicted octanol–water partition coefficient (Wildman–Crippen LogP) is -0.0931. The lowest BCUT2D eigenvalue weighted by Gasteiger charge is -2.39. The minimum atomic E-state index is -0.0744. The highest BCUT2D eigenvalue weighted by Gasteiger charge is 2.26. The maximum Gasteiger partial charge on any atom is 0.0793 e. The van der Waals surface area contributed by atoms with Crippen molar-refractivity contribution in [1.29, 1.82) is 0 Å². The quantitative estimate of drug-likeness (QED) is 0.622. The van der Waals surface area contributed by atoms with Gasteiger partial charge in [-0.15, -0.1) is 0 Å². The molecule has 1 fully saturated rings. The van der Waals surface area contributed by atoms with Crippen molar-refractivity contribution in [3.8, 4) is 0 Å². The average molecular weight is 172 g/mol. The molecular weight excluding hydrogens is 152 g/mol. The Morgan fingerprint density at radius 1 is 1.50 bits per heavy atom. The van der Waals surface area contributed by atoms with Crippen LogP contribution in [0.25, 0.3) is 0 Å². The lowest BCUT2D eigenvalue weighted by Crippen LogP contribution is -2.55. The molecule has 0 aromatic rings. The largest absolute Gasteiger partial charge is 0.390 e. The first kappa shape index (κ1) is 9.96. The number of likely N-dealkylation sites (N-methyl/N-ethyl adjacent to an activating group) is 1. The summed E-state index contributed by atoms with van der Waals surface area (Å²) in [6.07, 6.45) is -0.0744. The Bertz CT molecular complexity index is 132. The second kappa shape index (κ2) is 4.21. The fraction of sp³-hybridized carbons (Fsp3) is 1.00. The Labute approximate surface area is 74.8 Å². The van der Waals surface area contributed by atoms with Crippen LogP contribution in [0.15, 0.2) is 0 Å².